The van der Waals surface area contributed by atoms with Crippen molar-refractivity contribution in [2.24, 2.45) is 0 Å². The third-order valence-electron chi connectivity index (χ3n) is 6.45. The van der Waals surface area contributed by atoms with E-state index in [-0.39, 0.29) is 18.1 Å². The highest BCUT2D eigenvalue weighted by Gasteiger charge is 2.30. The van der Waals surface area contributed by atoms with Gasteiger partial charge < -0.3 is 19.7 Å². The monoisotopic (exact) mass is 461 g/mol. The quantitative estimate of drug-likeness (QED) is 0.457. The van der Waals surface area contributed by atoms with Crippen molar-refractivity contribution in [1.29, 1.82) is 0 Å². The van der Waals surface area contributed by atoms with Crippen LogP contribution in [0.1, 0.15) is 12.5 Å². The number of H-pyrrole nitrogens is 1. The topological polar surface area (TPSA) is 68.8 Å². The molecule has 2 atom stereocenters. The lowest BCUT2D eigenvalue weighted by Gasteiger charge is -2.40. The first kappa shape index (κ1) is 22.4. The van der Waals surface area contributed by atoms with Crippen LogP contribution in [0.2, 0.25) is 0 Å². The Bertz CT molecular complexity index is 1290. The molecule has 0 bridgehead atoms. The summed E-state index contributed by atoms with van der Waals surface area (Å²) in [4.78, 5) is 20.0. The number of aromatic nitrogens is 1. The Hall–Kier alpha value is -3.42. The third-order valence-corrected chi connectivity index (χ3v) is 6.45. The van der Waals surface area contributed by atoms with Crippen LogP contribution >= 0.6 is 0 Å². The van der Waals surface area contributed by atoms with Crippen LogP contribution in [0.25, 0.3) is 21.8 Å². The highest BCUT2D eigenvalue weighted by molar-refractivity contribution is 6.10. The standard InChI is InChI=1S/C27H28FN3O3/c1-18(32)27(34-24-8-4-7-23-26(24)21-5-2-3-6-22(21)29-23)31-15-13-30(14-16-31)25(33)17-19-9-11-20(28)12-10-19/h2-12,18,27,29,32H,13-17H2,1H3. The molecule has 5 rings (SSSR count). The fourth-order valence-corrected chi connectivity index (χ4v) is 4.69. The average Bonchev–Trinajstić information content (AvgIpc) is 3.23. The molecule has 4 aromatic rings. The number of aromatic amines is 1. The van der Waals surface area contributed by atoms with Gasteiger partial charge in [-0.25, -0.2) is 4.39 Å². The maximum atomic E-state index is 13.1. The summed E-state index contributed by atoms with van der Waals surface area (Å²) in [7, 11) is 0. The van der Waals surface area contributed by atoms with E-state index in [1.165, 1.54) is 12.1 Å². The molecule has 1 aliphatic heterocycles. The number of benzene rings is 3. The van der Waals surface area contributed by atoms with Crippen molar-refractivity contribution in [3.05, 3.63) is 78.1 Å². The third kappa shape index (κ3) is 4.49. The number of aliphatic hydroxyl groups excluding tert-OH is 1. The van der Waals surface area contributed by atoms with Crippen molar-refractivity contribution >= 4 is 27.7 Å². The summed E-state index contributed by atoms with van der Waals surface area (Å²) < 4.78 is 19.5. The van der Waals surface area contributed by atoms with Crippen molar-refractivity contribution < 1.29 is 19.0 Å². The first-order chi connectivity index (χ1) is 16.5. The van der Waals surface area contributed by atoms with Crippen LogP contribution in [0.5, 0.6) is 5.75 Å². The number of nitrogens with one attached hydrogen (secondary N) is 1. The fourth-order valence-electron chi connectivity index (χ4n) is 4.69. The molecule has 0 spiro atoms. The molecular weight excluding hydrogens is 433 g/mol. The summed E-state index contributed by atoms with van der Waals surface area (Å²) in [5.41, 5.74) is 2.82. The van der Waals surface area contributed by atoms with Crippen LogP contribution in [-0.2, 0) is 11.2 Å². The number of nitrogens with zero attached hydrogens (tertiary/aromatic N) is 2. The second-order valence-electron chi connectivity index (χ2n) is 8.82. The van der Waals surface area contributed by atoms with E-state index >= 15 is 0 Å². The molecule has 176 valence electrons. The van der Waals surface area contributed by atoms with Gasteiger partial charge >= 0.3 is 0 Å². The molecule has 34 heavy (non-hydrogen) atoms. The second-order valence-corrected chi connectivity index (χ2v) is 8.82. The maximum absolute atomic E-state index is 13.1. The van der Waals surface area contributed by atoms with Crippen LogP contribution < -0.4 is 4.74 Å². The number of ether oxygens (including phenoxy) is 1. The number of aliphatic hydroxyl groups is 1. The van der Waals surface area contributed by atoms with Crippen molar-refractivity contribution in [3.8, 4) is 5.75 Å². The molecular formula is C27H28FN3O3. The number of para-hydroxylation sites is 1. The van der Waals surface area contributed by atoms with Crippen LogP contribution in [0, 0.1) is 5.82 Å². The predicted molar refractivity (Wildman–Crippen MR) is 130 cm³/mol. The number of carbonyl (C=O) groups excluding carboxylic acids is 1. The Morgan fingerprint density at radius 3 is 2.44 bits per heavy atom. The molecule has 2 N–H and O–H groups in total. The summed E-state index contributed by atoms with van der Waals surface area (Å²) in [6.07, 6.45) is -1.00. The molecule has 2 unspecified atom stereocenters. The van der Waals surface area contributed by atoms with Gasteiger partial charge in [0.2, 0.25) is 5.91 Å². The molecule has 3 aromatic carbocycles. The SMILES string of the molecule is CC(O)C(Oc1cccc2[nH]c3ccccc3c12)N1CCN(C(=O)Cc2ccc(F)cc2)CC1. The summed E-state index contributed by atoms with van der Waals surface area (Å²) in [5, 5.41) is 12.6. The normalized spacial score (nSPS) is 16.6. The molecule has 1 fully saturated rings. The number of fused-ring (bicyclic) bond motifs is 3. The first-order valence-electron chi connectivity index (χ1n) is 11.6. The van der Waals surface area contributed by atoms with Gasteiger partial charge in [0.15, 0.2) is 6.23 Å². The summed E-state index contributed by atoms with van der Waals surface area (Å²) in [6.45, 7) is 4.00. The zero-order chi connectivity index (χ0) is 23.7. The van der Waals surface area contributed by atoms with Gasteiger partial charge in [-0.3, -0.25) is 9.69 Å². The van der Waals surface area contributed by atoms with Gasteiger partial charge in [-0.2, -0.15) is 0 Å². The van der Waals surface area contributed by atoms with Crippen molar-refractivity contribution in [2.75, 3.05) is 26.2 Å². The number of hydrogen-bond acceptors (Lipinski definition) is 4. The lowest BCUT2D eigenvalue weighted by atomic mass is 10.1. The van der Waals surface area contributed by atoms with E-state index in [9.17, 15) is 14.3 Å². The highest BCUT2D eigenvalue weighted by Crippen LogP contribution is 2.34. The lowest BCUT2D eigenvalue weighted by molar-refractivity contribution is -0.135. The largest absolute Gasteiger partial charge is 0.472 e. The lowest BCUT2D eigenvalue weighted by Crippen LogP contribution is -2.56. The van der Waals surface area contributed by atoms with E-state index in [2.05, 4.69) is 16.0 Å². The minimum atomic E-state index is -0.720. The van der Waals surface area contributed by atoms with Crippen molar-refractivity contribution in [2.45, 2.75) is 25.7 Å². The number of rotatable bonds is 6. The highest BCUT2D eigenvalue weighted by atomic mass is 19.1. The van der Waals surface area contributed by atoms with E-state index in [4.69, 9.17) is 4.74 Å². The Labute approximate surface area is 197 Å². The number of hydrogen-bond donors (Lipinski definition) is 2. The molecule has 1 aliphatic rings. The second kappa shape index (κ2) is 9.44. The summed E-state index contributed by atoms with van der Waals surface area (Å²) in [6, 6.07) is 20.0. The van der Waals surface area contributed by atoms with E-state index in [1.54, 1.807) is 19.1 Å². The minimum absolute atomic E-state index is 0.0179. The van der Waals surface area contributed by atoms with Crippen LogP contribution in [0.15, 0.2) is 66.7 Å². The Morgan fingerprint density at radius 1 is 1.00 bits per heavy atom. The molecule has 1 aromatic heterocycles. The van der Waals surface area contributed by atoms with Crippen LogP contribution in [0.4, 0.5) is 4.39 Å². The van der Waals surface area contributed by atoms with Crippen LogP contribution in [0.3, 0.4) is 0 Å². The van der Waals surface area contributed by atoms with Crippen molar-refractivity contribution in [1.82, 2.24) is 14.8 Å². The molecule has 7 heteroatoms. The van der Waals surface area contributed by atoms with Gasteiger partial charge in [0.05, 0.1) is 11.9 Å². The smallest absolute Gasteiger partial charge is 0.227 e. The van der Waals surface area contributed by atoms with Crippen molar-refractivity contribution in [3.63, 3.8) is 0 Å². The molecule has 1 amide bonds. The van der Waals surface area contributed by atoms with E-state index < -0.39 is 12.3 Å². The number of halogens is 1. The van der Waals surface area contributed by atoms with Gasteiger partial charge in [-0.1, -0.05) is 36.4 Å². The molecule has 2 heterocycles. The summed E-state index contributed by atoms with van der Waals surface area (Å²) in [5.74, 6) is 0.428. The van der Waals surface area contributed by atoms with E-state index in [1.807, 2.05) is 41.3 Å². The van der Waals surface area contributed by atoms with Gasteiger partial charge in [0, 0.05) is 42.5 Å². The average molecular weight is 462 g/mol. The zero-order valence-electron chi connectivity index (χ0n) is 19.1. The predicted octanol–water partition coefficient (Wildman–Crippen LogP) is 3.93. The first-order valence-corrected chi connectivity index (χ1v) is 11.6. The Balaban J connectivity index is 1.29. The molecule has 0 radical (unpaired) electrons. The van der Waals surface area contributed by atoms with Crippen LogP contribution in [-0.4, -0.2) is 64.3 Å². The zero-order valence-corrected chi connectivity index (χ0v) is 19.1. The molecule has 0 aliphatic carbocycles. The van der Waals surface area contributed by atoms with Gasteiger partial charge in [-0.15, -0.1) is 0 Å². The number of amides is 1. The van der Waals surface area contributed by atoms with E-state index in [0.29, 0.717) is 26.2 Å². The van der Waals surface area contributed by atoms with Gasteiger partial charge in [0.25, 0.3) is 0 Å². The fraction of sp³-hybridized carbons (Fsp3) is 0.296. The molecule has 6 nitrogen and oxygen atoms in total. The van der Waals surface area contributed by atoms with Gasteiger partial charge in [0.1, 0.15) is 17.7 Å². The maximum Gasteiger partial charge on any atom is 0.227 e. The Kier molecular flexibility index (Phi) is 6.22. The number of piperazine rings is 1. The molecule has 0 saturated carbocycles. The van der Waals surface area contributed by atoms with E-state index in [0.717, 1.165) is 33.1 Å². The Morgan fingerprint density at radius 2 is 1.71 bits per heavy atom. The summed E-state index contributed by atoms with van der Waals surface area (Å²) >= 11 is 0. The molecule has 1 saturated heterocycles. The number of carbonyl (C=O) groups is 1. The van der Waals surface area contributed by atoms with Gasteiger partial charge in [-0.05, 0) is 42.8 Å². The minimum Gasteiger partial charge on any atom is -0.472 e.